The molecule has 0 fully saturated rings. The molecule has 0 aliphatic heterocycles. The number of nitrogens with zero attached hydrogens (tertiary/aromatic N) is 2. The summed E-state index contributed by atoms with van der Waals surface area (Å²) in [4.78, 5) is 4.02. The van der Waals surface area contributed by atoms with Crippen LogP contribution in [0.15, 0.2) is 28.5 Å². The van der Waals surface area contributed by atoms with Crippen molar-refractivity contribution < 1.29 is 0 Å². The van der Waals surface area contributed by atoms with Gasteiger partial charge in [0, 0.05) is 12.4 Å². The first-order valence-corrected chi connectivity index (χ1v) is 8.66. The van der Waals surface area contributed by atoms with E-state index >= 15 is 0 Å². The van der Waals surface area contributed by atoms with Gasteiger partial charge in [0.2, 0.25) is 0 Å². The molecule has 0 saturated carbocycles. The van der Waals surface area contributed by atoms with Gasteiger partial charge in [-0.25, -0.2) is 0 Å². The van der Waals surface area contributed by atoms with Gasteiger partial charge in [-0.3, -0.25) is 4.98 Å². The number of rotatable bonds is 6. The fraction of sp³-hybridized carbons (Fsp3) is 0.571. The Morgan fingerprint density at radius 1 is 1.12 bits per heavy atom. The van der Waals surface area contributed by atoms with Crippen molar-refractivity contribution in [3.63, 3.8) is 0 Å². The second kappa shape index (κ2) is 7.63. The van der Waals surface area contributed by atoms with Crippen molar-refractivity contribution in [3.05, 3.63) is 30.1 Å². The van der Waals surface area contributed by atoms with Crippen LogP contribution in [0.4, 0.5) is 0 Å². The molecule has 0 N–H and O–H groups in total. The molecule has 0 spiro atoms. The minimum atomic E-state index is -0.970. The van der Waals surface area contributed by atoms with Gasteiger partial charge in [0.25, 0.3) is 0 Å². The van der Waals surface area contributed by atoms with Gasteiger partial charge in [-0.2, -0.15) is 0 Å². The zero-order chi connectivity index (χ0) is 12.7. The monoisotopic (exact) mass is 246 g/mol. The van der Waals surface area contributed by atoms with Gasteiger partial charge in [0.05, 0.1) is 0 Å². The molecule has 0 aliphatic rings. The SMILES string of the molecule is CC(C)[CH2][Al]([CH2]C(C)C)/[N]=C/c1ccncc1. The Morgan fingerprint density at radius 3 is 2.12 bits per heavy atom. The summed E-state index contributed by atoms with van der Waals surface area (Å²) in [6, 6.07) is 4.03. The van der Waals surface area contributed by atoms with Crippen LogP contribution in [0, 0.1) is 11.8 Å². The van der Waals surface area contributed by atoms with Gasteiger partial charge in [-0.15, -0.1) is 0 Å². The fourth-order valence-electron chi connectivity index (χ4n) is 1.95. The second-order valence-electron chi connectivity index (χ2n) is 5.47. The first kappa shape index (κ1) is 14.4. The minimum Gasteiger partial charge on any atom is -0.405 e. The van der Waals surface area contributed by atoms with Crippen LogP contribution in [0.1, 0.15) is 33.3 Å². The van der Waals surface area contributed by atoms with Gasteiger partial charge in [-0.1, -0.05) is 50.1 Å². The molecule has 0 atom stereocenters. The van der Waals surface area contributed by atoms with Crippen LogP contribution in [0.5, 0.6) is 0 Å². The minimum absolute atomic E-state index is 0.764. The van der Waals surface area contributed by atoms with Crippen molar-refractivity contribution in [2.45, 2.75) is 38.3 Å². The summed E-state index contributed by atoms with van der Waals surface area (Å²) in [5.74, 6) is 1.53. The van der Waals surface area contributed by atoms with Gasteiger partial charge < -0.3 is 3.98 Å². The number of aromatic nitrogens is 1. The van der Waals surface area contributed by atoms with Crippen LogP contribution >= 0.6 is 0 Å². The lowest BCUT2D eigenvalue weighted by Gasteiger charge is -2.11. The molecule has 0 radical (unpaired) electrons. The molecule has 0 amide bonds. The first-order valence-electron chi connectivity index (χ1n) is 6.51. The van der Waals surface area contributed by atoms with Crippen molar-refractivity contribution in [3.8, 4) is 0 Å². The maximum atomic E-state index is 4.86. The third kappa shape index (κ3) is 6.61. The summed E-state index contributed by atoms with van der Waals surface area (Å²) < 4.78 is 4.86. The first-order chi connectivity index (χ1) is 8.08. The second-order valence-corrected chi connectivity index (χ2v) is 8.02. The zero-order valence-electron chi connectivity index (χ0n) is 11.4. The highest BCUT2D eigenvalue weighted by atomic mass is 27.2. The molecule has 0 unspecified atom stereocenters. The molecule has 1 rings (SSSR count). The van der Waals surface area contributed by atoms with Crippen molar-refractivity contribution in [2.24, 2.45) is 15.8 Å². The van der Waals surface area contributed by atoms with Gasteiger partial charge in [0.1, 0.15) is 0 Å². The molecule has 1 aromatic heterocycles. The van der Waals surface area contributed by atoms with Gasteiger partial charge in [0.15, 0.2) is 0 Å². The van der Waals surface area contributed by atoms with Crippen LogP contribution in [0.2, 0.25) is 10.6 Å². The Labute approximate surface area is 110 Å². The Kier molecular flexibility index (Phi) is 6.47. The molecule has 92 valence electrons. The highest BCUT2D eigenvalue weighted by Crippen LogP contribution is 2.15. The topological polar surface area (TPSA) is 25.2 Å². The summed E-state index contributed by atoms with van der Waals surface area (Å²) in [7, 11) is 0. The van der Waals surface area contributed by atoms with Gasteiger partial charge >= 0.3 is 14.4 Å². The standard InChI is InChI=1S/C6H5N2.2C4H9.Al/c7-5-6-1-3-8-4-2-6;2*1-4(2)3;/h1-5H;2*4H,1H2,2-3H3;/q-1;;;+1. The maximum Gasteiger partial charge on any atom is 0.436 e. The predicted molar refractivity (Wildman–Crippen MR) is 76.9 cm³/mol. The quantitative estimate of drug-likeness (QED) is 0.553. The lowest BCUT2D eigenvalue weighted by molar-refractivity contribution is 0.689. The van der Waals surface area contributed by atoms with E-state index in [9.17, 15) is 0 Å². The largest absolute Gasteiger partial charge is 0.436 e. The lowest BCUT2D eigenvalue weighted by atomic mass is 10.3. The lowest BCUT2D eigenvalue weighted by Crippen LogP contribution is -2.15. The maximum absolute atomic E-state index is 4.86. The van der Waals surface area contributed by atoms with Crippen LogP contribution in [-0.4, -0.2) is 25.6 Å². The van der Waals surface area contributed by atoms with Crippen LogP contribution in [-0.2, 0) is 0 Å². The Morgan fingerprint density at radius 2 is 1.65 bits per heavy atom. The van der Waals surface area contributed by atoms with Crippen LogP contribution in [0.3, 0.4) is 0 Å². The number of hydrogen-bond donors (Lipinski definition) is 0. The summed E-state index contributed by atoms with van der Waals surface area (Å²) >= 11 is -0.970. The molecule has 0 saturated heterocycles. The molecule has 2 nitrogen and oxygen atoms in total. The van der Waals surface area contributed by atoms with E-state index in [2.05, 4.69) is 32.7 Å². The van der Waals surface area contributed by atoms with Gasteiger partial charge in [-0.05, 0) is 23.9 Å². The fourth-order valence-corrected chi connectivity index (χ4v) is 4.94. The van der Waals surface area contributed by atoms with E-state index in [-0.39, 0.29) is 0 Å². The number of hydrogen-bond acceptors (Lipinski definition) is 2. The molecule has 17 heavy (non-hydrogen) atoms. The molecule has 0 aromatic carbocycles. The number of pyridine rings is 1. The van der Waals surface area contributed by atoms with E-state index in [0.717, 1.165) is 11.8 Å². The van der Waals surface area contributed by atoms with E-state index in [0.29, 0.717) is 0 Å². The zero-order valence-corrected chi connectivity index (χ0v) is 12.6. The van der Waals surface area contributed by atoms with Crippen molar-refractivity contribution in [1.29, 1.82) is 0 Å². The van der Waals surface area contributed by atoms with Crippen molar-refractivity contribution >= 4 is 20.6 Å². The van der Waals surface area contributed by atoms with Crippen LogP contribution in [0.25, 0.3) is 0 Å². The Hall–Kier alpha value is -0.648. The molecular formula is C14H23AlN2. The average Bonchev–Trinajstić information content (AvgIpc) is 2.26. The normalized spacial score (nSPS) is 11.6. The molecule has 0 bridgehead atoms. The molecule has 0 aliphatic carbocycles. The molecule has 1 heterocycles. The van der Waals surface area contributed by atoms with E-state index in [1.54, 1.807) is 0 Å². The predicted octanol–water partition coefficient (Wildman–Crippen LogP) is 3.80. The third-order valence-corrected chi connectivity index (χ3v) is 6.17. The average molecular weight is 246 g/mol. The highest BCUT2D eigenvalue weighted by Gasteiger charge is 2.20. The Balaban J connectivity index is 2.61. The summed E-state index contributed by atoms with van der Waals surface area (Å²) in [5.41, 5.74) is 1.17. The molecule has 1 aromatic rings. The van der Waals surface area contributed by atoms with Crippen LogP contribution < -0.4 is 0 Å². The smallest absolute Gasteiger partial charge is 0.405 e. The van der Waals surface area contributed by atoms with Crippen molar-refractivity contribution in [2.75, 3.05) is 0 Å². The Bertz CT molecular complexity index is 323. The van der Waals surface area contributed by atoms with Crippen molar-refractivity contribution in [1.82, 2.24) is 4.98 Å². The van der Waals surface area contributed by atoms with E-state index < -0.39 is 14.4 Å². The molecular weight excluding hydrogens is 223 g/mol. The summed E-state index contributed by atoms with van der Waals surface area (Å²) in [6.45, 7) is 9.18. The summed E-state index contributed by atoms with van der Waals surface area (Å²) in [6.07, 6.45) is 5.69. The molecule has 3 heteroatoms. The summed E-state index contributed by atoms with van der Waals surface area (Å²) in [5, 5.41) is 2.61. The van der Waals surface area contributed by atoms with E-state index in [1.165, 1.54) is 16.1 Å². The third-order valence-electron chi connectivity index (χ3n) is 2.63. The van der Waals surface area contributed by atoms with E-state index in [1.807, 2.05) is 30.7 Å². The van der Waals surface area contributed by atoms with E-state index in [4.69, 9.17) is 3.98 Å². The highest BCUT2D eigenvalue weighted by molar-refractivity contribution is 6.58.